The monoisotopic (exact) mass is 228 g/mol. The van der Waals surface area contributed by atoms with Crippen LogP contribution in [0.5, 0.6) is 0 Å². The standard InChI is InChI=1S/C13H24O3/c1-3-5-11-6-8-13(9-7-11,12(14)15)16-10-4-2/h11H,3-10H2,1-2H3,(H,14,15). The summed E-state index contributed by atoms with van der Waals surface area (Å²) >= 11 is 0. The van der Waals surface area contributed by atoms with E-state index in [0.29, 0.717) is 25.4 Å². The van der Waals surface area contributed by atoms with E-state index in [2.05, 4.69) is 6.92 Å². The van der Waals surface area contributed by atoms with Crippen LogP contribution in [-0.4, -0.2) is 23.3 Å². The molecule has 1 N–H and O–H groups in total. The van der Waals surface area contributed by atoms with Crippen molar-refractivity contribution in [3.63, 3.8) is 0 Å². The first kappa shape index (κ1) is 13.5. The highest BCUT2D eigenvalue weighted by Crippen LogP contribution is 2.37. The van der Waals surface area contributed by atoms with E-state index in [1.54, 1.807) is 0 Å². The van der Waals surface area contributed by atoms with E-state index in [0.717, 1.165) is 19.3 Å². The van der Waals surface area contributed by atoms with Crippen molar-refractivity contribution in [1.29, 1.82) is 0 Å². The highest BCUT2D eigenvalue weighted by molar-refractivity contribution is 5.77. The summed E-state index contributed by atoms with van der Waals surface area (Å²) in [5, 5.41) is 9.31. The molecular weight excluding hydrogens is 204 g/mol. The Bertz CT molecular complexity index is 217. The summed E-state index contributed by atoms with van der Waals surface area (Å²) in [7, 11) is 0. The van der Waals surface area contributed by atoms with E-state index in [9.17, 15) is 9.90 Å². The van der Waals surface area contributed by atoms with Crippen molar-refractivity contribution in [3.8, 4) is 0 Å². The van der Waals surface area contributed by atoms with Gasteiger partial charge in [0.05, 0.1) is 0 Å². The number of aliphatic carboxylic acids is 1. The van der Waals surface area contributed by atoms with Crippen LogP contribution in [0.2, 0.25) is 0 Å². The van der Waals surface area contributed by atoms with Gasteiger partial charge in [0.15, 0.2) is 5.60 Å². The van der Waals surface area contributed by atoms with Crippen molar-refractivity contribution in [2.45, 2.75) is 64.4 Å². The van der Waals surface area contributed by atoms with Crippen molar-refractivity contribution in [2.75, 3.05) is 6.61 Å². The zero-order valence-electron chi connectivity index (χ0n) is 10.5. The molecule has 0 atom stereocenters. The molecule has 0 bridgehead atoms. The lowest BCUT2D eigenvalue weighted by Gasteiger charge is -2.36. The van der Waals surface area contributed by atoms with Gasteiger partial charge < -0.3 is 9.84 Å². The second-order valence-electron chi connectivity index (χ2n) is 4.88. The summed E-state index contributed by atoms with van der Waals surface area (Å²) in [6.45, 7) is 4.76. The zero-order chi connectivity index (χ0) is 12.0. The molecule has 1 aliphatic carbocycles. The zero-order valence-corrected chi connectivity index (χ0v) is 10.5. The molecule has 0 aromatic heterocycles. The van der Waals surface area contributed by atoms with Crippen molar-refractivity contribution < 1.29 is 14.6 Å². The molecule has 3 heteroatoms. The Labute approximate surface area is 98.2 Å². The van der Waals surface area contributed by atoms with Crippen LogP contribution in [0.1, 0.15) is 58.8 Å². The van der Waals surface area contributed by atoms with Crippen LogP contribution in [0.3, 0.4) is 0 Å². The molecule has 1 fully saturated rings. The first-order chi connectivity index (χ1) is 7.64. The number of ether oxygens (including phenoxy) is 1. The van der Waals surface area contributed by atoms with E-state index >= 15 is 0 Å². The minimum atomic E-state index is -0.875. The third kappa shape index (κ3) is 3.21. The van der Waals surface area contributed by atoms with Crippen LogP contribution in [0.25, 0.3) is 0 Å². The second-order valence-corrected chi connectivity index (χ2v) is 4.88. The molecule has 0 amide bonds. The summed E-state index contributed by atoms with van der Waals surface area (Å²) in [5.41, 5.74) is -0.875. The summed E-state index contributed by atoms with van der Waals surface area (Å²) in [5.74, 6) is -0.0569. The van der Waals surface area contributed by atoms with Crippen molar-refractivity contribution >= 4 is 5.97 Å². The lowest BCUT2D eigenvalue weighted by atomic mass is 9.77. The second kappa shape index (κ2) is 6.24. The molecule has 0 aliphatic heterocycles. The normalized spacial score (nSPS) is 30.2. The fourth-order valence-electron chi connectivity index (χ4n) is 2.56. The average Bonchev–Trinajstić information content (AvgIpc) is 2.28. The molecule has 0 heterocycles. The van der Waals surface area contributed by atoms with Gasteiger partial charge in [0.1, 0.15) is 0 Å². The molecule has 0 spiro atoms. The van der Waals surface area contributed by atoms with Crippen LogP contribution in [-0.2, 0) is 9.53 Å². The first-order valence-corrected chi connectivity index (χ1v) is 6.52. The fourth-order valence-corrected chi connectivity index (χ4v) is 2.56. The first-order valence-electron chi connectivity index (χ1n) is 6.52. The molecule has 94 valence electrons. The molecule has 0 saturated heterocycles. The van der Waals surface area contributed by atoms with Gasteiger partial charge in [-0.25, -0.2) is 4.79 Å². The topological polar surface area (TPSA) is 46.5 Å². The number of carbonyl (C=O) groups is 1. The van der Waals surface area contributed by atoms with Crippen LogP contribution in [0, 0.1) is 5.92 Å². The highest BCUT2D eigenvalue weighted by Gasteiger charge is 2.42. The van der Waals surface area contributed by atoms with Crippen molar-refractivity contribution in [3.05, 3.63) is 0 Å². The Hall–Kier alpha value is -0.570. The number of hydrogen-bond donors (Lipinski definition) is 1. The summed E-state index contributed by atoms with van der Waals surface area (Å²) in [4.78, 5) is 11.3. The van der Waals surface area contributed by atoms with E-state index < -0.39 is 11.6 Å². The van der Waals surface area contributed by atoms with E-state index in [-0.39, 0.29) is 0 Å². The van der Waals surface area contributed by atoms with Gasteiger partial charge in [-0.1, -0.05) is 26.7 Å². The molecule has 0 radical (unpaired) electrons. The Morgan fingerprint density at radius 2 is 1.94 bits per heavy atom. The number of hydrogen-bond acceptors (Lipinski definition) is 2. The van der Waals surface area contributed by atoms with Crippen LogP contribution < -0.4 is 0 Å². The maximum absolute atomic E-state index is 11.3. The molecule has 0 aromatic carbocycles. The Balaban J connectivity index is 2.52. The van der Waals surface area contributed by atoms with Gasteiger partial charge in [-0.15, -0.1) is 0 Å². The van der Waals surface area contributed by atoms with Crippen LogP contribution in [0.15, 0.2) is 0 Å². The van der Waals surface area contributed by atoms with Gasteiger partial charge in [-0.2, -0.15) is 0 Å². The molecule has 3 nitrogen and oxygen atoms in total. The molecule has 1 aliphatic rings. The quantitative estimate of drug-likeness (QED) is 0.759. The minimum absolute atomic E-state index is 0.560. The van der Waals surface area contributed by atoms with Gasteiger partial charge in [-0.05, 0) is 38.0 Å². The van der Waals surface area contributed by atoms with Gasteiger partial charge in [0, 0.05) is 6.61 Å². The SMILES string of the molecule is CCCOC1(C(=O)O)CCC(CCC)CC1. The van der Waals surface area contributed by atoms with Gasteiger partial charge >= 0.3 is 5.97 Å². The van der Waals surface area contributed by atoms with Crippen LogP contribution in [0.4, 0.5) is 0 Å². The van der Waals surface area contributed by atoms with E-state index in [1.807, 2.05) is 6.92 Å². The molecule has 16 heavy (non-hydrogen) atoms. The molecule has 0 aromatic rings. The number of carboxylic acids is 1. The average molecular weight is 228 g/mol. The lowest BCUT2D eigenvalue weighted by molar-refractivity contribution is -0.172. The fraction of sp³-hybridized carbons (Fsp3) is 0.923. The maximum Gasteiger partial charge on any atom is 0.335 e. The summed E-state index contributed by atoms with van der Waals surface area (Å²) in [6.07, 6.45) is 6.69. The van der Waals surface area contributed by atoms with Crippen molar-refractivity contribution in [2.24, 2.45) is 5.92 Å². The maximum atomic E-state index is 11.3. The van der Waals surface area contributed by atoms with Gasteiger partial charge in [0.2, 0.25) is 0 Å². The smallest absolute Gasteiger partial charge is 0.335 e. The molecular formula is C13H24O3. The molecule has 1 saturated carbocycles. The third-order valence-corrected chi connectivity index (χ3v) is 3.58. The molecule has 0 unspecified atom stereocenters. The predicted octanol–water partition coefficient (Wildman–Crippen LogP) is 3.23. The summed E-state index contributed by atoms with van der Waals surface area (Å²) < 4.78 is 5.61. The predicted molar refractivity (Wildman–Crippen MR) is 63.5 cm³/mol. The van der Waals surface area contributed by atoms with E-state index in [1.165, 1.54) is 12.8 Å². The van der Waals surface area contributed by atoms with Gasteiger partial charge in [-0.3, -0.25) is 0 Å². The Kier molecular flexibility index (Phi) is 5.26. The largest absolute Gasteiger partial charge is 0.479 e. The lowest BCUT2D eigenvalue weighted by Crippen LogP contribution is -2.45. The van der Waals surface area contributed by atoms with Crippen molar-refractivity contribution in [1.82, 2.24) is 0 Å². The van der Waals surface area contributed by atoms with Crippen LogP contribution >= 0.6 is 0 Å². The minimum Gasteiger partial charge on any atom is -0.479 e. The summed E-state index contributed by atoms with van der Waals surface area (Å²) in [6, 6.07) is 0. The number of rotatable bonds is 6. The third-order valence-electron chi connectivity index (χ3n) is 3.58. The van der Waals surface area contributed by atoms with E-state index in [4.69, 9.17) is 4.74 Å². The molecule has 1 rings (SSSR count). The Morgan fingerprint density at radius 3 is 2.38 bits per heavy atom. The Morgan fingerprint density at radius 1 is 1.31 bits per heavy atom. The number of carboxylic acid groups (broad SMARTS) is 1. The highest BCUT2D eigenvalue weighted by atomic mass is 16.5. The van der Waals surface area contributed by atoms with Gasteiger partial charge in [0.25, 0.3) is 0 Å².